The Labute approximate surface area is 287 Å². The summed E-state index contributed by atoms with van der Waals surface area (Å²) >= 11 is 0. The molecule has 1 unspecified atom stereocenters. The van der Waals surface area contributed by atoms with Crippen LogP contribution in [0, 0.1) is 11.3 Å². The van der Waals surface area contributed by atoms with Crippen LogP contribution in [-0.2, 0) is 23.6 Å². The van der Waals surface area contributed by atoms with E-state index in [0.717, 1.165) is 5.56 Å². The van der Waals surface area contributed by atoms with Gasteiger partial charge in [0.2, 0.25) is 5.89 Å². The van der Waals surface area contributed by atoms with Crippen LogP contribution in [0.15, 0.2) is 83.3 Å². The van der Waals surface area contributed by atoms with Crippen molar-refractivity contribution in [3.63, 3.8) is 0 Å². The van der Waals surface area contributed by atoms with Gasteiger partial charge in [-0.2, -0.15) is 31.6 Å². The van der Waals surface area contributed by atoms with E-state index in [4.69, 9.17) is 9.15 Å². The van der Waals surface area contributed by atoms with Crippen LogP contribution in [0.1, 0.15) is 57.9 Å². The van der Waals surface area contributed by atoms with E-state index >= 15 is 0 Å². The Kier molecular flexibility index (Phi) is 9.24. The molecule has 5 aromatic rings. The van der Waals surface area contributed by atoms with Gasteiger partial charge in [0.1, 0.15) is 11.6 Å². The van der Waals surface area contributed by atoms with Crippen LogP contribution in [-0.4, -0.2) is 41.1 Å². The summed E-state index contributed by atoms with van der Waals surface area (Å²) in [6.07, 6.45) is -11.6. The maximum Gasteiger partial charge on any atom is 0.416 e. The number of cyclic esters (lactones) is 1. The standard InChI is InChI=1S/C37H28F6N4O4/c1-20(2)30-11-21(16-44)12-31-32(30)51-34(46-31)23-9-7-22(8-10-23)33(48)45-17-28-19-47(35(49)50-28)18-24-5-3-4-6-29(24)25-13-26(36(38,39)40)15-27(14-25)37(41,42)43/h3-15,20,28H,17-19H2,1-2H3,(H,45,48). The molecule has 1 aliphatic heterocycles. The van der Waals surface area contributed by atoms with Crippen LogP contribution in [0.2, 0.25) is 0 Å². The molecule has 4 aromatic carbocycles. The SMILES string of the molecule is CC(C)c1cc(C#N)cc2nc(-c3ccc(C(=O)NCC4CN(Cc5ccccc5-c5cc(C(F)(F)F)cc(C(F)(F)F)c5)C(=O)O4)cc3)oc12. The Hall–Kier alpha value is -5.84. The van der Waals surface area contributed by atoms with Crippen LogP contribution in [0.25, 0.3) is 33.7 Å². The number of aromatic nitrogens is 1. The summed E-state index contributed by atoms with van der Waals surface area (Å²) in [5.74, 6) is -0.0404. The average molecular weight is 707 g/mol. The molecule has 1 saturated heterocycles. The molecule has 262 valence electrons. The number of oxazole rings is 1. The molecule has 0 radical (unpaired) electrons. The summed E-state index contributed by atoms with van der Waals surface area (Å²) in [5, 5.41) is 12.1. The Morgan fingerprint density at radius 2 is 1.63 bits per heavy atom. The Morgan fingerprint density at radius 1 is 0.961 bits per heavy atom. The molecule has 14 heteroatoms. The average Bonchev–Trinajstić information content (AvgIpc) is 3.68. The van der Waals surface area contributed by atoms with Gasteiger partial charge in [0.25, 0.3) is 5.91 Å². The number of benzene rings is 4. The molecule has 8 nitrogen and oxygen atoms in total. The minimum Gasteiger partial charge on any atom is -0.442 e. The van der Waals surface area contributed by atoms with Crippen LogP contribution >= 0.6 is 0 Å². The lowest BCUT2D eigenvalue weighted by molar-refractivity contribution is -0.143. The number of carbonyl (C=O) groups excluding carboxylic acids is 2. The summed E-state index contributed by atoms with van der Waals surface area (Å²) < 4.78 is 92.5. The number of hydrogen-bond donors (Lipinski definition) is 1. The smallest absolute Gasteiger partial charge is 0.416 e. The minimum absolute atomic E-state index is 0.00633. The number of alkyl halides is 6. The second-order valence-corrected chi connectivity index (χ2v) is 12.3. The van der Waals surface area contributed by atoms with Crippen molar-refractivity contribution in [2.75, 3.05) is 13.1 Å². The number of nitrogens with zero attached hydrogens (tertiary/aromatic N) is 3. The molecular weight excluding hydrogens is 678 g/mol. The molecule has 0 saturated carbocycles. The molecule has 1 fully saturated rings. The number of nitrogens with one attached hydrogen (secondary N) is 1. The minimum atomic E-state index is -5.02. The lowest BCUT2D eigenvalue weighted by atomic mass is 9.95. The number of carbonyl (C=O) groups is 2. The predicted molar refractivity (Wildman–Crippen MR) is 173 cm³/mol. The van der Waals surface area contributed by atoms with Crippen molar-refractivity contribution in [1.82, 2.24) is 15.2 Å². The lowest BCUT2D eigenvalue weighted by Gasteiger charge is -2.18. The van der Waals surface area contributed by atoms with Crippen molar-refractivity contribution in [3.8, 4) is 28.7 Å². The molecule has 1 aliphatic rings. The summed E-state index contributed by atoms with van der Waals surface area (Å²) in [7, 11) is 0. The van der Waals surface area contributed by atoms with Crippen LogP contribution in [0.4, 0.5) is 31.1 Å². The fourth-order valence-electron chi connectivity index (χ4n) is 5.81. The van der Waals surface area contributed by atoms with E-state index in [1.165, 1.54) is 23.1 Å². The van der Waals surface area contributed by atoms with E-state index in [-0.39, 0.29) is 42.7 Å². The molecule has 2 amide bonds. The molecule has 0 bridgehead atoms. The van der Waals surface area contributed by atoms with Gasteiger partial charge in [-0.1, -0.05) is 38.1 Å². The van der Waals surface area contributed by atoms with Crippen LogP contribution < -0.4 is 5.32 Å². The molecular formula is C37H28F6N4O4. The highest BCUT2D eigenvalue weighted by atomic mass is 19.4. The molecule has 51 heavy (non-hydrogen) atoms. The van der Waals surface area contributed by atoms with Gasteiger partial charge in [-0.15, -0.1) is 0 Å². The molecule has 1 N–H and O–H groups in total. The molecule has 1 atom stereocenters. The molecule has 1 aromatic heterocycles. The topological polar surface area (TPSA) is 108 Å². The van der Waals surface area contributed by atoms with Crippen molar-refractivity contribution >= 4 is 23.1 Å². The summed E-state index contributed by atoms with van der Waals surface area (Å²) in [6, 6.07) is 19.3. The second kappa shape index (κ2) is 13.5. The third-order valence-corrected chi connectivity index (χ3v) is 8.38. The maximum atomic E-state index is 13.5. The zero-order valence-corrected chi connectivity index (χ0v) is 27.0. The van der Waals surface area contributed by atoms with Gasteiger partial charge in [-0.05, 0) is 77.2 Å². The summed E-state index contributed by atoms with van der Waals surface area (Å²) in [6.45, 7) is 3.75. The summed E-state index contributed by atoms with van der Waals surface area (Å²) in [4.78, 5) is 31.4. The number of hydrogen-bond acceptors (Lipinski definition) is 6. The zero-order chi connectivity index (χ0) is 36.7. The third-order valence-electron chi connectivity index (χ3n) is 8.38. The van der Waals surface area contributed by atoms with E-state index in [9.17, 15) is 41.2 Å². The zero-order valence-electron chi connectivity index (χ0n) is 27.0. The van der Waals surface area contributed by atoms with Crippen molar-refractivity contribution < 1.29 is 45.1 Å². The number of ether oxygens (including phenoxy) is 1. The summed E-state index contributed by atoms with van der Waals surface area (Å²) in [5.41, 5.74) is 0.546. The molecule has 6 rings (SSSR count). The van der Waals surface area contributed by atoms with Crippen molar-refractivity contribution in [3.05, 3.63) is 112 Å². The first-order chi connectivity index (χ1) is 24.1. The Bertz CT molecular complexity index is 2140. The van der Waals surface area contributed by atoms with Crippen molar-refractivity contribution in [1.29, 1.82) is 5.26 Å². The number of rotatable bonds is 8. The van der Waals surface area contributed by atoms with E-state index in [2.05, 4.69) is 16.4 Å². The molecule has 0 spiro atoms. The highest BCUT2D eigenvalue weighted by Gasteiger charge is 2.37. The number of amides is 2. The van der Waals surface area contributed by atoms with Gasteiger partial charge in [0.15, 0.2) is 5.58 Å². The van der Waals surface area contributed by atoms with Gasteiger partial charge in [-0.25, -0.2) is 9.78 Å². The first-order valence-electron chi connectivity index (χ1n) is 15.7. The lowest BCUT2D eigenvalue weighted by Crippen LogP contribution is -2.34. The first-order valence-corrected chi connectivity index (χ1v) is 15.7. The highest BCUT2D eigenvalue weighted by Crippen LogP contribution is 2.40. The van der Waals surface area contributed by atoms with Gasteiger partial charge < -0.3 is 19.4 Å². The predicted octanol–water partition coefficient (Wildman–Crippen LogP) is 8.95. The number of fused-ring (bicyclic) bond motifs is 1. The van der Waals surface area contributed by atoms with Crippen molar-refractivity contribution in [2.24, 2.45) is 0 Å². The van der Waals surface area contributed by atoms with Crippen LogP contribution in [0.3, 0.4) is 0 Å². The number of nitriles is 1. The fraction of sp³-hybridized carbons (Fsp3) is 0.243. The quantitative estimate of drug-likeness (QED) is 0.162. The molecule has 0 aliphatic carbocycles. The van der Waals surface area contributed by atoms with E-state index < -0.39 is 41.6 Å². The monoisotopic (exact) mass is 706 g/mol. The molecule has 2 heterocycles. The van der Waals surface area contributed by atoms with Gasteiger partial charge in [-0.3, -0.25) is 4.79 Å². The fourth-order valence-corrected chi connectivity index (χ4v) is 5.81. The largest absolute Gasteiger partial charge is 0.442 e. The second-order valence-electron chi connectivity index (χ2n) is 12.3. The van der Waals surface area contributed by atoms with Crippen LogP contribution in [0.5, 0.6) is 0 Å². The van der Waals surface area contributed by atoms with Gasteiger partial charge >= 0.3 is 18.4 Å². The first kappa shape index (κ1) is 35.0. The van der Waals surface area contributed by atoms with Gasteiger partial charge in [0, 0.05) is 23.2 Å². The van der Waals surface area contributed by atoms with Gasteiger partial charge in [0.05, 0.1) is 35.8 Å². The Morgan fingerprint density at radius 3 is 2.25 bits per heavy atom. The normalized spacial score (nSPS) is 14.9. The Balaban J connectivity index is 1.11. The maximum absolute atomic E-state index is 13.5. The van der Waals surface area contributed by atoms with E-state index in [1.807, 2.05) is 13.8 Å². The number of halogens is 6. The highest BCUT2D eigenvalue weighted by molar-refractivity contribution is 5.94. The van der Waals surface area contributed by atoms with E-state index in [1.54, 1.807) is 42.5 Å². The third kappa shape index (κ3) is 7.52. The van der Waals surface area contributed by atoms with E-state index in [0.29, 0.717) is 51.4 Å². The van der Waals surface area contributed by atoms with Crippen molar-refractivity contribution in [2.45, 2.75) is 44.8 Å².